The second-order valence-corrected chi connectivity index (χ2v) is 5.07. The number of carbonyl (C=O) groups excluding carboxylic acids is 1. The topological polar surface area (TPSA) is 82.6 Å². The van der Waals surface area contributed by atoms with Crippen molar-refractivity contribution in [1.29, 1.82) is 0 Å². The Hall–Kier alpha value is -2.02. The van der Waals surface area contributed by atoms with Crippen molar-refractivity contribution in [3.63, 3.8) is 0 Å². The smallest absolute Gasteiger partial charge is 0.354 e. The van der Waals surface area contributed by atoms with E-state index in [-0.39, 0.29) is 12.2 Å². The maximum atomic E-state index is 11.7. The van der Waals surface area contributed by atoms with E-state index in [0.29, 0.717) is 18.8 Å². The molecule has 2 N–H and O–H groups in total. The van der Waals surface area contributed by atoms with Gasteiger partial charge in [-0.25, -0.2) is 9.59 Å². The van der Waals surface area contributed by atoms with Gasteiger partial charge in [0.25, 0.3) is 0 Å². The fourth-order valence-corrected chi connectivity index (χ4v) is 2.05. The Morgan fingerprint density at radius 1 is 1.50 bits per heavy atom. The van der Waals surface area contributed by atoms with Crippen LogP contribution in [0.1, 0.15) is 10.5 Å². The average Bonchev–Trinajstić information content (AvgIpc) is 2.86. The monoisotopic (exact) mass is 340 g/mol. The number of carboxylic acid groups (broad SMARTS) is 1. The Balaban J connectivity index is 1.80. The average molecular weight is 341 g/mol. The van der Waals surface area contributed by atoms with E-state index < -0.39 is 11.9 Å². The van der Waals surface area contributed by atoms with E-state index in [1.807, 2.05) is 0 Å². The highest BCUT2D eigenvalue weighted by Gasteiger charge is 2.12. The van der Waals surface area contributed by atoms with Gasteiger partial charge in [-0.3, -0.25) is 0 Å². The van der Waals surface area contributed by atoms with Crippen LogP contribution in [0, 0.1) is 0 Å². The lowest BCUT2D eigenvalue weighted by atomic mass is 10.2. The molecule has 0 aromatic carbocycles. The molecule has 20 heavy (non-hydrogen) atoms. The number of nitrogens with one attached hydrogen (secondary N) is 1. The summed E-state index contributed by atoms with van der Waals surface area (Å²) < 4.78 is 5.88. The van der Waals surface area contributed by atoms with Crippen molar-refractivity contribution >= 4 is 27.9 Å². The van der Waals surface area contributed by atoms with Crippen molar-refractivity contribution in [3.8, 4) is 0 Å². The molecule has 7 heteroatoms. The lowest BCUT2D eigenvalue weighted by molar-refractivity contribution is -0.132. The van der Waals surface area contributed by atoms with Gasteiger partial charge in [0.15, 0.2) is 0 Å². The zero-order valence-electron chi connectivity index (χ0n) is 10.5. The fourth-order valence-electron chi connectivity index (χ4n) is 1.71. The lowest BCUT2D eigenvalue weighted by Crippen LogP contribution is -2.26. The number of rotatable bonds is 5. The summed E-state index contributed by atoms with van der Waals surface area (Å²) in [5.74, 6) is -1.41. The van der Waals surface area contributed by atoms with Crippen LogP contribution in [0.2, 0.25) is 0 Å². The molecule has 1 aliphatic rings. The third-order valence-electron chi connectivity index (χ3n) is 2.69. The molecule has 1 aromatic heterocycles. The van der Waals surface area contributed by atoms with Crippen LogP contribution in [0.4, 0.5) is 0 Å². The van der Waals surface area contributed by atoms with E-state index in [9.17, 15) is 9.59 Å². The second kappa shape index (κ2) is 6.42. The summed E-state index contributed by atoms with van der Waals surface area (Å²) in [7, 11) is 0. The number of nitrogens with zero attached hydrogens (tertiary/aromatic N) is 1. The van der Waals surface area contributed by atoms with Crippen LogP contribution in [-0.2, 0) is 9.53 Å². The van der Waals surface area contributed by atoms with Gasteiger partial charge in [-0.05, 0) is 28.1 Å². The van der Waals surface area contributed by atoms with Crippen LogP contribution >= 0.6 is 15.9 Å². The van der Waals surface area contributed by atoms with E-state index in [1.54, 1.807) is 35.5 Å². The summed E-state index contributed by atoms with van der Waals surface area (Å²) in [5, 5.41) is 8.88. The van der Waals surface area contributed by atoms with E-state index >= 15 is 0 Å². The molecular formula is C13H13BrN2O4. The third-order valence-corrected chi connectivity index (χ3v) is 3.14. The number of aromatic nitrogens is 1. The molecule has 0 unspecified atom stereocenters. The number of hydrogen-bond donors (Lipinski definition) is 2. The highest BCUT2D eigenvalue weighted by Crippen LogP contribution is 2.11. The minimum atomic E-state index is -0.973. The van der Waals surface area contributed by atoms with Crippen LogP contribution in [0.5, 0.6) is 0 Å². The summed E-state index contributed by atoms with van der Waals surface area (Å²) in [4.78, 5) is 27.0. The van der Waals surface area contributed by atoms with Gasteiger partial charge in [-0.2, -0.15) is 0 Å². The Kier molecular flexibility index (Phi) is 4.62. The van der Waals surface area contributed by atoms with Crippen molar-refractivity contribution in [2.45, 2.75) is 0 Å². The molecule has 0 aliphatic carbocycles. The molecule has 6 nitrogen and oxygen atoms in total. The van der Waals surface area contributed by atoms with Gasteiger partial charge in [0.1, 0.15) is 12.3 Å². The van der Waals surface area contributed by atoms with Gasteiger partial charge in [-0.1, -0.05) is 6.08 Å². The maximum Gasteiger partial charge on any atom is 0.354 e. The van der Waals surface area contributed by atoms with Crippen molar-refractivity contribution in [2.75, 3.05) is 19.7 Å². The number of esters is 1. The Bertz CT molecular complexity index is 577. The standard InChI is InChI=1S/C13H13BrN2O4/c14-10-6-11(15-7-10)13(19)20-5-4-16-3-1-2-9(8-16)12(17)18/h1-2,6-8,15H,3-5H2,(H,17,18). The van der Waals surface area contributed by atoms with Gasteiger partial charge in [0.2, 0.25) is 0 Å². The van der Waals surface area contributed by atoms with Crippen LogP contribution in [0.25, 0.3) is 0 Å². The normalized spacial score (nSPS) is 14.1. The number of aromatic amines is 1. The van der Waals surface area contributed by atoms with Crippen LogP contribution in [0.3, 0.4) is 0 Å². The summed E-state index contributed by atoms with van der Waals surface area (Å²) in [5.41, 5.74) is 0.591. The summed E-state index contributed by atoms with van der Waals surface area (Å²) in [6.45, 7) is 1.23. The molecule has 2 heterocycles. The van der Waals surface area contributed by atoms with Crippen LogP contribution < -0.4 is 0 Å². The van der Waals surface area contributed by atoms with Gasteiger partial charge in [-0.15, -0.1) is 0 Å². The molecule has 2 rings (SSSR count). The number of halogens is 1. The van der Waals surface area contributed by atoms with Crippen LogP contribution in [0.15, 0.2) is 40.7 Å². The van der Waals surface area contributed by atoms with Crippen molar-refractivity contribution in [2.24, 2.45) is 0 Å². The highest BCUT2D eigenvalue weighted by atomic mass is 79.9. The largest absolute Gasteiger partial charge is 0.478 e. The molecule has 0 bridgehead atoms. The number of aliphatic carboxylic acids is 1. The number of ether oxygens (including phenoxy) is 1. The SMILES string of the molecule is O=C(O)C1=CN(CCOC(=O)c2cc(Br)c[nH]2)CC=C1. The van der Waals surface area contributed by atoms with E-state index in [2.05, 4.69) is 20.9 Å². The molecule has 106 valence electrons. The summed E-state index contributed by atoms with van der Waals surface area (Å²) in [6, 6.07) is 1.63. The predicted molar refractivity (Wildman–Crippen MR) is 75.2 cm³/mol. The first-order valence-electron chi connectivity index (χ1n) is 5.93. The van der Waals surface area contributed by atoms with Crippen molar-refractivity contribution in [3.05, 3.63) is 46.4 Å². The molecule has 0 spiro atoms. The summed E-state index contributed by atoms with van der Waals surface area (Å²) in [6.07, 6.45) is 6.50. The summed E-state index contributed by atoms with van der Waals surface area (Å²) >= 11 is 3.23. The minimum absolute atomic E-state index is 0.187. The van der Waals surface area contributed by atoms with Crippen molar-refractivity contribution in [1.82, 2.24) is 9.88 Å². The lowest BCUT2D eigenvalue weighted by Gasteiger charge is -2.21. The molecular weight excluding hydrogens is 328 g/mol. The second-order valence-electron chi connectivity index (χ2n) is 4.15. The van der Waals surface area contributed by atoms with Crippen molar-refractivity contribution < 1.29 is 19.4 Å². The molecule has 0 saturated carbocycles. The highest BCUT2D eigenvalue weighted by molar-refractivity contribution is 9.10. The maximum absolute atomic E-state index is 11.7. The molecule has 1 aliphatic heterocycles. The van der Waals surface area contributed by atoms with E-state index in [4.69, 9.17) is 9.84 Å². The van der Waals surface area contributed by atoms with Gasteiger partial charge >= 0.3 is 11.9 Å². The number of carbonyl (C=O) groups is 2. The molecule has 0 saturated heterocycles. The first-order chi connectivity index (χ1) is 9.56. The van der Waals surface area contributed by atoms with Gasteiger partial charge in [0.05, 0.1) is 12.1 Å². The first kappa shape index (κ1) is 14.4. The predicted octanol–water partition coefficient (Wildman–Crippen LogP) is 1.77. The Morgan fingerprint density at radius 3 is 2.95 bits per heavy atom. The minimum Gasteiger partial charge on any atom is -0.478 e. The van der Waals surface area contributed by atoms with Gasteiger partial charge < -0.3 is 19.7 Å². The van der Waals surface area contributed by atoms with Crippen LogP contribution in [-0.4, -0.2) is 46.6 Å². The molecule has 1 aromatic rings. The molecule has 0 amide bonds. The van der Waals surface area contributed by atoms with E-state index in [1.165, 1.54) is 0 Å². The van der Waals surface area contributed by atoms with E-state index in [0.717, 1.165) is 4.47 Å². The molecule has 0 radical (unpaired) electrons. The zero-order chi connectivity index (χ0) is 14.5. The molecule has 0 atom stereocenters. The number of H-pyrrole nitrogens is 1. The quantitative estimate of drug-likeness (QED) is 0.798. The number of hydrogen-bond acceptors (Lipinski definition) is 4. The molecule has 0 fully saturated rings. The Morgan fingerprint density at radius 2 is 2.30 bits per heavy atom. The zero-order valence-corrected chi connectivity index (χ0v) is 12.1. The fraction of sp³-hybridized carbons (Fsp3) is 0.231. The Labute approximate surface area is 123 Å². The first-order valence-corrected chi connectivity index (χ1v) is 6.72. The number of carboxylic acids is 1. The van der Waals surface area contributed by atoms with Gasteiger partial charge in [0, 0.05) is 23.4 Å². The third kappa shape index (κ3) is 3.74.